The number of rotatable bonds is 1. The van der Waals surface area contributed by atoms with Gasteiger partial charge in [-0.05, 0) is 30.7 Å². The summed E-state index contributed by atoms with van der Waals surface area (Å²) in [5, 5.41) is 0. The van der Waals surface area contributed by atoms with Crippen LogP contribution in [-0.2, 0) is 0 Å². The third kappa shape index (κ3) is 1.63. The van der Waals surface area contributed by atoms with Gasteiger partial charge >= 0.3 is 0 Å². The van der Waals surface area contributed by atoms with Crippen molar-refractivity contribution in [1.82, 2.24) is 9.97 Å². The number of benzene rings is 1. The predicted molar refractivity (Wildman–Crippen MR) is 66.4 cm³/mol. The van der Waals surface area contributed by atoms with E-state index in [0.29, 0.717) is 17.3 Å². The van der Waals surface area contributed by atoms with E-state index in [1.807, 2.05) is 25.1 Å². The van der Waals surface area contributed by atoms with Gasteiger partial charge in [0.25, 0.3) is 0 Å². The Morgan fingerprint density at radius 1 is 1.18 bits per heavy atom. The van der Waals surface area contributed by atoms with Crippen LogP contribution in [0.15, 0.2) is 40.9 Å². The van der Waals surface area contributed by atoms with Crippen LogP contribution >= 0.6 is 0 Å². The number of oxazole rings is 1. The summed E-state index contributed by atoms with van der Waals surface area (Å²) < 4.78 is 5.66. The molecule has 17 heavy (non-hydrogen) atoms. The molecule has 0 atom stereocenters. The lowest BCUT2D eigenvalue weighted by molar-refractivity contribution is 0.617. The van der Waals surface area contributed by atoms with E-state index >= 15 is 0 Å². The van der Waals surface area contributed by atoms with Crippen molar-refractivity contribution in [2.45, 2.75) is 6.92 Å². The molecule has 0 saturated heterocycles. The van der Waals surface area contributed by atoms with Crippen LogP contribution in [0.1, 0.15) is 5.56 Å². The normalized spacial score (nSPS) is 10.9. The number of hydrogen-bond donors (Lipinski definition) is 1. The van der Waals surface area contributed by atoms with E-state index in [1.165, 1.54) is 0 Å². The van der Waals surface area contributed by atoms with Gasteiger partial charge in [0.15, 0.2) is 5.58 Å². The fraction of sp³-hybridized carbons (Fsp3) is 0.0769. The van der Waals surface area contributed by atoms with Crippen molar-refractivity contribution in [2.24, 2.45) is 0 Å². The third-order valence-corrected chi connectivity index (χ3v) is 2.63. The van der Waals surface area contributed by atoms with E-state index in [9.17, 15) is 0 Å². The second kappa shape index (κ2) is 3.59. The molecule has 0 aliphatic heterocycles. The first-order chi connectivity index (χ1) is 8.24. The van der Waals surface area contributed by atoms with Crippen LogP contribution in [-0.4, -0.2) is 9.97 Å². The number of fused-ring (bicyclic) bond motifs is 1. The molecule has 2 aromatic heterocycles. The number of aromatic nitrogens is 2. The molecule has 0 unspecified atom stereocenters. The van der Waals surface area contributed by atoms with Crippen molar-refractivity contribution in [1.29, 1.82) is 0 Å². The second-order valence-corrected chi connectivity index (χ2v) is 3.92. The predicted octanol–water partition coefficient (Wildman–Crippen LogP) is 2.78. The summed E-state index contributed by atoms with van der Waals surface area (Å²) in [7, 11) is 0. The Hall–Kier alpha value is -2.36. The third-order valence-electron chi connectivity index (χ3n) is 2.63. The van der Waals surface area contributed by atoms with Crippen molar-refractivity contribution < 1.29 is 4.42 Å². The molecule has 2 N–H and O–H groups in total. The van der Waals surface area contributed by atoms with Gasteiger partial charge in [-0.2, -0.15) is 0 Å². The molecule has 3 rings (SSSR count). The Morgan fingerprint density at radius 2 is 2.06 bits per heavy atom. The SMILES string of the molecule is Cc1cccc2oc(-c3ccc(N)cn3)nc12. The highest BCUT2D eigenvalue weighted by Crippen LogP contribution is 2.24. The Kier molecular flexibility index (Phi) is 2.08. The summed E-state index contributed by atoms with van der Waals surface area (Å²) in [5.74, 6) is 0.523. The van der Waals surface area contributed by atoms with E-state index in [4.69, 9.17) is 10.2 Å². The highest BCUT2D eigenvalue weighted by Gasteiger charge is 2.10. The summed E-state index contributed by atoms with van der Waals surface area (Å²) in [6.07, 6.45) is 1.59. The summed E-state index contributed by atoms with van der Waals surface area (Å²) in [6, 6.07) is 9.43. The van der Waals surface area contributed by atoms with E-state index in [0.717, 1.165) is 16.7 Å². The molecule has 0 aliphatic carbocycles. The fourth-order valence-electron chi connectivity index (χ4n) is 1.73. The summed E-state index contributed by atoms with van der Waals surface area (Å²) in [4.78, 5) is 8.63. The molecule has 0 spiro atoms. The monoisotopic (exact) mass is 225 g/mol. The first-order valence-corrected chi connectivity index (χ1v) is 5.32. The molecule has 0 amide bonds. The molecule has 0 fully saturated rings. The molecule has 84 valence electrons. The van der Waals surface area contributed by atoms with E-state index < -0.39 is 0 Å². The smallest absolute Gasteiger partial charge is 0.246 e. The number of nitrogens with two attached hydrogens (primary N) is 1. The summed E-state index contributed by atoms with van der Waals surface area (Å²) in [5.41, 5.74) is 9.65. The van der Waals surface area contributed by atoms with Crippen molar-refractivity contribution in [3.05, 3.63) is 42.1 Å². The minimum Gasteiger partial charge on any atom is -0.435 e. The molecule has 1 aromatic carbocycles. The highest BCUT2D eigenvalue weighted by atomic mass is 16.3. The fourth-order valence-corrected chi connectivity index (χ4v) is 1.73. The Balaban J connectivity index is 2.18. The highest BCUT2D eigenvalue weighted by molar-refractivity contribution is 5.78. The van der Waals surface area contributed by atoms with Crippen LogP contribution in [0, 0.1) is 6.92 Å². The lowest BCUT2D eigenvalue weighted by atomic mass is 10.2. The number of para-hydroxylation sites is 1. The molecule has 0 aliphatic rings. The number of aryl methyl sites for hydroxylation is 1. The molecule has 3 aromatic rings. The Bertz CT molecular complexity index is 671. The van der Waals surface area contributed by atoms with Gasteiger partial charge in [-0.15, -0.1) is 0 Å². The number of hydrogen-bond acceptors (Lipinski definition) is 4. The van der Waals surface area contributed by atoms with Crippen LogP contribution in [0.5, 0.6) is 0 Å². The van der Waals surface area contributed by atoms with Crippen LogP contribution in [0.4, 0.5) is 5.69 Å². The van der Waals surface area contributed by atoms with Gasteiger partial charge in [-0.1, -0.05) is 12.1 Å². The quantitative estimate of drug-likeness (QED) is 0.691. The Morgan fingerprint density at radius 3 is 2.76 bits per heavy atom. The standard InChI is InChI=1S/C13H11N3O/c1-8-3-2-4-11-12(8)16-13(17-11)10-6-5-9(14)7-15-10/h2-7H,14H2,1H3. The zero-order valence-electron chi connectivity index (χ0n) is 9.34. The van der Waals surface area contributed by atoms with Gasteiger partial charge < -0.3 is 10.2 Å². The van der Waals surface area contributed by atoms with E-state index in [1.54, 1.807) is 18.3 Å². The van der Waals surface area contributed by atoms with Gasteiger partial charge in [0.1, 0.15) is 11.2 Å². The summed E-state index contributed by atoms with van der Waals surface area (Å²) >= 11 is 0. The largest absolute Gasteiger partial charge is 0.435 e. The van der Waals surface area contributed by atoms with Crippen LogP contribution in [0.2, 0.25) is 0 Å². The van der Waals surface area contributed by atoms with Crippen molar-refractivity contribution >= 4 is 16.8 Å². The molecule has 4 nitrogen and oxygen atoms in total. The molecule has 4 heteroatoms. The molecular formula is C13H11N3O. The zero-order chi connectivity index (χ0) is 11.8. The minimum atomic E-state index is 0.523. The van der Waals surface area contributed by atoms with Crippen LogP contribution < -0.4 is 5.73 Å². The number of nitrogen functional groups attached to an aromatic ring is 1. The molecule has 2 heterocycles. The lowest BCUT2D eigenvalue weighted by Gasteiger charge is -1.94. The van der Waals surface area contributed by atoms with Crippen molar-refractivity contribution in [3.63, 3.8) is 0 Å². The topological polar surface area (TPSA) is 64.9 Å². The zero-order valence-corrected chi connectivity index (χ0v) is 9.34. The second-order valence-electron chi connectivity index (χ2n) is 3.92. The van der Waals surface area contributed by atoms with E-state index in [-0.39, 0.29) is 0 Å². The van der Waals surface area contributed by atoms with Gasteiger partial charge in [0.05, 0.1) is 11.9 Å². The average molecular weight is 225 g/mol. The maximum Gasteiger partial charge on any atom is 0.246 e. The maximum absolute atomic E-state index is 5.66. The van der Waals surface area contributed by atoms with E-state index in [2.05, 4.69) is 9.97 Å². The van der Waals surface area contributed by atoms with Crippen LogP contribution in [0.3, 0.4) is 0 Å². The number of pyridine rings is 1. The number of anilines is 1. The van der Waals surface area contributed by atoms with Gasteiger partial charge in [0.2, 0.25) is 5.89 Å². The maximum atomic E-state index is 5.66. The van der Waals surface area contributed by atoms with Gasteiger partial charge in [0, 0.05) is 0 Å². The average Bonchev–Trinajstić information content (AvgIpc) is 2.75. The first kappa shape index (κ1) is 9.84. The first-order valence-electron chi connectivity index (χ1n) is 5.32. The van der Waals surface area contributed by atoms with Crippen molar-refractivity contribution in [3.8, 4) is 11.6 Å². The molecular weight excluding hydrogens is 214 g/mol. The molecule has 0 bridgehead atoms. The van der Waals surface area contributed by atoms with Gasteiger partial charge in [-0.3, -0.25) is 0 Å². The minimum absolute atomic E-state index is 0.523. The van der Waals surface area contributed by atoms with Crippen LogP contribution in [0.25, 0.3) is 22.7 Å². The molecule has 0 radical (unpaired) electrons. The van der Waals surface area contributed by atoms with Crippen molar-refractivity contribution in [2.75, 3.05) is 5.73 Å². The molecule has 0 saturated carbocycles. The summed E-state index contributed by atoms with van der Waals surface area (Å²) in [6.45, 7) is 2.01. The number of nitrogens with zero attached hydrogens (tertiary/aromatic N) is 2. The lowest BCUT2D eigenvalue weighted by Crippen LogP contribution is -1.88. The Labute approximate surface area is 98.1 Å². The van der Waals surface area contributed by atoms with Gasteiger partial charge in [-0.25, -0.2) is 9.97 Å².